The summed E-state index contributed by atoms with van der Waals surface area (Å²) in [7, 11) is 7.63. The number of thiazole rings is 1. The van der Waals surface area contributed by atoms with Crippen LogP contribution in [-0.2, 0) is 6.54 Å². The first-order chi connectivity index (χ1) is 12.5. The van der Waals surface area contributed by atoms with Gasteiger partial charge >= 0.3 is 0 Å². The van der Waals surface area contributed by atoms with E-state index in [4.69, 9.17) is 4.74 Å². The largest absolute Gasteiger partial charge is 0.496 e. The summed E-state index contributed by atoms with van der Waals surface area (Å²) in [5.74, 6) is 1.67. The van der Waals surface area contributed by atoms with E-state index in [0.717, 1.165) is 34.5 Å². The van der Waals surface area contributed by atoms with E-state index in [9.17, 15) is 0 Å². The van der Waals surface area contributed by atoms with Gasteiger partial charge in [-0.1, -0.05) is 18.2 Å². The molecule has 2 rings (SSSR count). The Morgan fingerprint density at radius 1 is 1.27 bits per heavy atom. The number of rotatable bonds is 7. The third-order valence-corrected chi connectivity index (χ3v) is 5.30. The lowest BCUT2D eigenvalue weighted by atomic mass is 10.0. The standard InChI is InChI=1S/C19H29N5OS/c1-13-18(26-14(2)23-13)12-22-19(20-3)21-11-16(24(4)5)15-9-7-8-10-17(15)25-6/h7-10,16H,11-12H2,1-6H3,(H2,20,21,22). The van der Waals surface area contributed by atoms with E-state index >= 15 is 0 Å². The zero-order valence-corrected chi connectivity index (χ0v) is 17.3. The van der Waals surface area contributed by atoms with Crippen molar-refractivity contribution in [2.24, 2.45) is 4.99 Å². The van der Waals surface area contributed by atoms with E-state index in [0.29, 0.717) is 6.54 Å². The molecule has 7 heteroatoms. The van der Waals surface area contributed by atoms with E-state index in [1.54, 1.807) is 25.5 Å². The molecular weight excluding hydrogens is 346 g/mol. The van der Waals surface area contributed by atoms with Crippen molar-refractivity contribution in [2.45, 2.75) is 26.4 Å². The van der Waals surface area contributed by atoms with Gasteiger partial charge in [-0.25, -0.2) is 4.98 Å². The Hall–Kier alpha value is -2.12. The van der Waals surface area contributed by atoms with E-state index in [2.05, 4.69) is 45.7 Å². The molecule has 1 aromatic heterocycles. The fourth-order valence-corrected chi connectivity index (χ4v) is 3.70. The predicted octanol–water partition coefficient (Wildman–Crippen LogP) is 2.74. The second-order valence-electron chi connectivity index (χ2n) is 6.27. The molecule has 1 heterocycles. The lowest BCUT2D eigenvalue weighted by Crippen LogP contribution is -2.41. The van der Waals surface area contributed by atoms with E-state index in [1.807, 2.05) is 32.0 Å². The van der Waals surface area contributed by atoms with Crippen LogP contribution < -0.4 is 15.4 Å². The normalized spacial score (nSPS) is 13.0. The summed E-state index contributed by atoms with van der Waals surface area (Å²) in [6, 6.07) is 8.29. The average molecular weight is 376 g/mol. The number of likely N-dealkylation sites (N-methyl/N-ethyl adjacent to an activating group) is 1. The van der Waals surface area contributed by atoms with Crippen molar-refractivity contribution in [1.82, 2.24) is 20.5 Å². The maximum Gasteiger partial charge on any atom is 0.191 e. The fourth-order valence-electron chi connectivity index (χ4n) is 2.83. The molecule has 26 heavy (non-hydrogen) atoms. The predicted molar refractivity (Wildman–Crippen MR) is 109 cm³/mol. The van der Waals surface area contributed by atoms with Gasteiger partial charge in [-0.05, 0) is 34.0 Å². The minimum absolute atomic E-state index is 0.164. The van der Waals surface area contributed by atoms with Crippen molar-refractivity contribution >= 4 is 17.3 Å². The van der Waals surface area contributed by atoms with Gasteiger partial charge in [-0.15, -0.1) is 11.3 Å². The molecular formula is C19H29N5OS. The number of nitrogens with zero attached hydrogens (tertiary/aromatic N) is 3. The quantitative estimate of drug-likeness (QED) is 0.576. The lowest BCUT2D eigenvalue weighted by molar-refractivity contribution is 0.287. The minimum atomic E-state index is 0.164. The zero-order valence-electron chi connectivity index (χ0n) is 16.5. The second kappa shape index (κ2) is 9.54. The highest BCUT2D eigenvalue weighted by Crippen LogP contribution is 2.27. The third-order valence-electron chi connectivity index (χ3n) is 4.22. The summed E-state index contributed by atoms with van der Waals surface area (Å²) in [6.07, 6.45) is 0. The number of hydrogen-bond donors (Lipinski definition) is 2. The monoisotopic (exact) mass is 375 g/mol. The number of aliphatic imine (C=N–C) groups is 1. The van der Waals surface area contributed by atoms with Gasteiger partial charge < -0.3 is 20.3 Å². The van der Waals surface area contributed by atoms with Crippen LogP contribution in [-0.4, -0.2) is 50.6 Å². The smallest absolute Gasteiger partial charge is 0.191 e. The average Bonchev–Trinajstić information content (AvgIpc) is 2.95. The summed E-state index contributed by atoms with van der Waals surface area (Å²) in [4.78, 5) is 12.2. The molecule has 1 aromatic carbocycles. The number of para-hydroxylation sites is 1. The Bertz CT molecular complexity index is 741. The SMILES string of the molecule is CN=C(NCc1sc(C)nc1C)NCC(c1ccccc1OC)N(C)C. The summed E-state index contributed by atoms with van der Waals surface area (Å²) in [5.41, 5.74) is 2.23. The van der Waals surface area contributed by atoms with Gasteiger partial charge in [0.1, 0.15) is 5.75 Å². The van der Waals surface area contributed by atoms with Crippen LogP contribution in [0.1, 0.15) is 27.2 Å². The molecule has 0 spiro atoms. The molecule has 0 saturated heterocycles. The van der Waals surface area contributed by atoms with Crippen molar-refractivity contribution in [3.8, 4) is 5.75 Å². The van der Waals surface area contributed by atoms with E-state index in [1.165, 1.54) is 4.88 Å². The highest BCUT2D eigenvalue weighted by molar-refractivity contribution is 7.11. The Morgan fingerprint density at radius 3 is 2.58 bits per heavy atom. The first-order valence-corrected chi connectivity index (χ1v) is 9.44. The van der Waals surface area contributed by atoms with Gasteiger partial charge in [-0.2, -0.15) is 0 Å². The maximum atomic E-state index is 5.52. The molecule has 0 saturated carbocycles. The van der Waals surface area contributed by atoms with Crippen LogP contribution in [0.2, 0.25) is 0 Å². The molecule has 2 aromatic rings. The molecule has 0 aliphatic carbocycles. The van der Waals surface area contributed by atoms with Crippen molar-refractivity contribution in [2.75, 3.05) is 34.8 Å². The molecule has 0 aliphatic rings. The molecule has 0 bridgehead atoms. The number of hydrogen-bond acceptors (Lipinski definition) is 5. The van der Waals surface area contributed by atoms with Gasteiger partial charge in [0, 0.05) is 24.0 Å². The molecule has 0 amide bonds. The lowest BCUT2D eigenvalue weighted by Gasteiger charge is -2.27. The van der Waals surface area contributed by atoms with Crippen molar-refractivity contribution in [3.05, 3.63) is 45.4 Å². The molecule has 6 nitrogen and oxygen atoms in total. The Labute approximate surface area is 160 Å². The van der Waals surface area contributed by atoms with E-state index in [-0.39, 0.29) is 6.04 Å². The summed E-state index contributed by atoms with van der Waals surface area (Å²) < 4.78 is 5.52. The van der Waals surface area contributed by atoms with Gasteiger partial charge in [0.05, 0.1) is 30.4 Å². The highest BCUT2D eigenvalue weighted by atomic mass is 32.1. The molecule has 1 unspecified atom stereocenters. The van der Waals surface area contributed by atoms with Gasteiger partial charge in [-0.3, -0.25) is 4.99 Å². The fraction of sp³-hybridized carbons (Fsp3) is 0.474. The third kappa shape index (κ3) is 5.19. The Kier molecular flexibility index (Phi) is 7.41. The number of aromatic nitrogens is 1. The van der Waals surface area contributed by atoms with Crippen LogP contribution >= 0.6 is 11.3 Å². The first-order valence-electron chi connectivity index (χ1n) is 8.63. The summed E-state index contributed by atoms with van der Waals surface area (Å²) in [5, 5.41) is 7.89. The number of nitrogens with one attached hydrogen (secondary N) is 2. The van der Waals surface area contributed by atoms with Crippen LogP contribution in [0.3, 0.4) is 0 Å². The minimum Gasteiger partial charge on any atom is -0.496 e. The van der Waals surface area contributed by atoms with Crippen molar-refractivity contribution < 1.29 is 4.74 Å². The Balaban J connectivity index is 2.01. The number of ether oxygens (including phenoxy) is 1. The Morgan fingerprint density at radius 2 is 2.00 bits per heavy atom. The van der Waals surface area contributed by atoms with E-state index < -0.39 is 0 Å². The molecule has 0 aliphatic heterocycles. The molecule has 0 radical (unpaired) electrons. The van der Waals surface area contributed by atoms with Crippen LogP contribution in [0.5, 0.6) is 5.75 Å². The number of methoxy groups -OCH3 is 1. The summed E-state index contributed by atoms with van der Waals surface area (Å²) in [6.45, 7) is 5.51. The number of guanidine groups is 1. The van der Waals surface area contributed by atoms with Crippen LogP contribution in [0.4, 0.5) is 0 Å². The molecule has 2 N–H and O–H groups in total. The van der Waals surface area contributed by atoms with Crippen LogP contribution in [0, 0.1) is 13.8 Å². The molecule has 142 valence electrons. The number of benzene rings is 1. The van der Waals surface area contributed by atoms with Gasteiger partial charge in [0.25, 0.3) is 0 Å². The maximum absolute atomic E-state index is 5.52. The van der Waals surface area contributed by atoms with Crippen LogP contribution in [0.15, 0.2) is 29.3 Å². The topological polar surface area (TPSA) is 61.8 Å². The molecule has 0 fully saturated rings. The van der Waals surface area contributed by atoms with Crippen molar-refractivity contribution in [1.29, 1.82) is 0 Å². The van der Waals surface area contributed by atoms with Crippen LogP contribution in [0.25, 0.3) is 0 Å². The first kappa shape index (κ1) is 20.2. The van der Waals surface area contributed by atoms with Gasteiger partial charge in [0.15, 0.2) is 5.96 Å². The number of aryl methyl sites for hydroxylation is 2. The van der Waals surface area contributed by atoms with Crippen molar-refractivity contribution in [3.63, 3.8) is 0 Å². The van der Waals surface area contributed by atoms with Gasteiger partial charge in [0.2, 0.25) is 0 Å². The summed E-state index contributed by atoms with van der Waals surface area (Å²) >= 11 is 1.72. The highest BCUT2D eigenvalue weighted by Gasteiger charge is 2.18. The zero-order chi connectivity index (χ0) is 19.1. The second-order valence-corrected chi connectivity index (χ2v) is 7.56. The molecule has 1 atom stereocenters.